The highest BCUT2D eigenvalue weighted by atomic mass is 16.5. The SMILES string of the molecule is O=C(CN1CCOc2ccccc2C1)Nc1nc2nccc(C3CC3)n2n1. The molecule has 1 fully saturated rings. The van der Waals surface area contributed by atoms with Gasteiger partial charge in [-0.15, -0.1) is 5.10 Å². The molecular weight excluding hydrogens is 344 g/mol. The van der Waals surface area contributed by atoms with Crippen LogP contribution in [0.25, 0.3) is 5.78 Å². The summed E-state index contributed by atoms with van der Waals surface area (Å²) in [5, 5.41) is 7.23. The Morgan fingerprint density at radius 3 is 3.04 bits per heavy atom. The summed E-state index contributed by atoms with van der Waals surface area (Å²) < 4.78 is 7.49. The van der Waals surface area contributed by atoms with Crippen molar-refractivity contribution in [2.24, 2.45) is 0 Å². The van der Waals surface area contributed by atoms with Crippen molar-refractivity contribution in [3.05, 3.63) is 47.8 Å². The Balaban J connectivity index is 1.28. The zero-order chi connectivity index (χ0) is 18.2. The van der Waals surface area contributed by atoms with Gasteiger partial charge in [0, 0.05) is 30.8 Å². The van der Waals surface area contributed by atoms with E-state index in [1.807, 2.05) is 30.3 Å². The predicted octanol–water partition coefficient (Wildman–Crippen LogP) is 1.83. The Kier molecular flexibility index (Phi) is 3.97. The number of fused-ring (bicyclic) bond motifs is 2. The van der Waals surface area contributed by atoms with Gasteiger partial charge in [-0.25, -0.2) is 4.98 Å². The number of carbonyl (C=O) groups is 1. The number of amides is 1. The first-order chi connectivity index (χ1) is 13.3. The Hall–Kier alpha value is -3.00. The van der Waals surface area contributed by atoms with Crippen LogP contribution in [0.5, 0.6) is 5.75 Å². The van der Waals surface area contributed by atoms with Crippen molar-refractivity contribution in [3.8, 4) is 5.75 Å². The van der Waals surface area contributed by atoms with Crippen LogP contribution in [0.1, 0.15) is 30.0 Å². The van der Waals surface area contributed by atoms with Gasteiger partial charge in [-0.05, 0) is 25.0 Å². The first-order valence-corrected chi connectivity index (χ1v) is 9.21. The maximum Gasteiger partial charge on any atom is 0.254 e. The summed E-state index contributed by atoms with van der Waals surface area (Å²) in [6, 6.07) is 9.90. The second kappa shape index (κ2) is 6.62. The summed E-state index contributed by atoms with van der Waals surface area (Å²) in [6.07, 6.45) is 4.08. The van der Waals surface area contributed by atoms with Crippen molar-refractivity contribution >= 4 is 17.6 Å². The molecule has 3 aromatic rings. The number of nitrogens with zero attached hydrogens (tertiary/aromatic N) is 5. The molecule has 0 saturated heterocycles. The number of nitrogens with one attached hydrogen (secondary N) is 1. The van der Waals surface area contributed by atoms with Gasteiger partial charge in [0.15, 0.2) is 0 Å². The highest BCUT2D eigenvalue weighted by molar-refractivity contribution is 5.90. The smallest absolute Gasteiger partial charge is 0.254 e. The molecule has 0 atom stereocenters. The molecule has 138 valence electrons. The van der Waals surface area contributed by atoms with Crippen LogP contribution in [0, 0.1) is 0 Å². The minimum Gasteiger partial charge on any atom is -0.492 e. The van der Waals surface area contributed by atoms with E-state index in [9.17, 15) is 4.79 Å². The first kappa shape index (κ1) is 16.2. The second-order valence-electron chi connectivity index (χ2n) is 7.01. The van der Waals surface area contributed by atoms with Crippen molar-refractivity contribution in [1.82, 2.24) is 24.5 Å². The van der Waals surface area contributed by atoms with Crippen molar-refractivity contribution in [2.45, 2.75) is 25.3 Å². The zero-order valence-electron chi connectivity index (χ0n) is 14.8. The fraction of sp³-hybridized carbons (Fsp3) is 0.368. The maximum absolute atomic E-state index is 12.5. The maximum atomic E-state index is 12.5. The minimum atomic E-state index is -0.141. The lowest BCUT2D eigenvalue weighted by atomic mass is 10.2. The van der Waals surface area contributed by atoms with Crippen molar-refractivity contribution in [1.29, 1.82) is 0 Å². The summed E-state index contributed by atoms with van der Waals surface area (Å²) in [5.41, 5.74) is 2.20. The largest absolute Gasteiger partial charge is 0.492 e. The summed E-state index contributed by atoms with van der Waals surface area (Å²) in [7, 11) is 0. The van der Waals surface area contributed by atoms with Gasteiger partial charge in [-0.2, -0.15) is 9.50 Å². The van der Waals surface area contributed by atoms with Gasteiger partial charge < -0.3 is 4.74 Å². The molecule has 1 aromatic carbocycles. The van der Waals surface area contributed by atoms with E-state index in [0.717, 1.165) is 17.0 Å². The second-order valence-corrected chi connectivity index (χ2v) is 7.01. The van der Waals surface area contributed by atoms with Gasteiger partial charge in [-0.3, -0.25) is 15.0 Å². The van der Waals surface area contributed by atoms with E-state index in [1.165, 1.54) is 12.8 Å². The molecule has 0 spiro atoms. The lowest BCUT2D eigenvalue weighted by Crippen LogP contribution is -2.34. The van der Waals surface area contributed by atoms with Crippen LogP contribution in [0.15, 0.2) is 36.5 Å². The molecule has 1 amide bonds. The van der Waals surface area contributed by atoms with E-state index in [0.29, 0.717) is 37.3 Å². The number of aromatic nitrogens is 4. The average molecular weight is 364 g/mol. The van der Waals surface area contributed by atoms with Crippen molar-refractivity contribution in [2.75, 3.05) is 25.0 Å². The number of ether oxygens (including phenoxy) is 1. The third-order valence-electron chi connectivity index (χ3n) is 4.92. The summed E-state index contributed by atoms with van der Waals surface area (Å²) in [4.78, 5) is 23.2. The summed E-state index contributed by atoms with van der Waals surface area (Å²) >= 11 is 0. The standard InChI is InChI=1S/C19H20N6O2/c26-17(12-24-9-10-27-16-4-2-1-3-14(16)11-24)21-18-22-19-20-8-7-15(13-5-6-13)25(19)23-18/h1-4,7-8,13H,5-6,9-12H2,(H,21,23,26). The van der Waals surface area contributed by atoms with Gasteiger partial charge in [0.25, 0.3) is 11.7 Å². The monoisotopic (exact) mass is 364 g/mol. The normalized spacial score (nSPS) is 17.2. The number of hydrogen-bond donors (Lipinski definition) is 1. The molecule has 27 heavy (non-hydrogen) atoms. The Morgan fingerprint density at radius 1 is 1.26 bits per heavy atom. The summed E-state index contributed by atoms with van der Waals surface area (Å²) in [5.74, 6) is 2.09. The molecule has 5 rings (SSSR count). The number of benzene rings is 1. The highest BCUT2D eigenvalue weighted by Crippen LogP contribution is 2.39. The average Bonchev–Trinajstić information content (AvgIpc) is 3.44. The van der Waals surface area contributed by atoms with Crippen LogP contribution in [-0.4, -0.2) is 50.1 Å². The number of anilines is 1. The molecule has 1 aliphatic heterocycles. The van der Waals surface area contributed by atoms with Crippen LogP contribution >= 0.6 is 0 Å². The lowest BCUT2D eigenvalue weighted by molar-refractivity contribution is -0.117. The molecule has 2 aromatic heterocycles. The van der Waals surface area contributed by atoms with Gasteiger partial charge in [0.05, 0.1) is 12.2 Å². The van der Waals surface area contributed by atoms with Crippen LogP contribution in [0.3, 0.4) is 0 Å². The van der Waals surface area contributed by atoms with E-state index < -0.39 is 0 Å². The fourth-order valence-corrected chi connectivity index (χ4v) is 3.43. The van der Waals surface area contributed by atoms with Gasteiger partial charge in [0.1, 0.15) is 12.4 Å². The topological polar surface area (TPSA) is 84.6 Å². The molecule has 2 aliphatic rings. The number of para-hydroxylation sites is 1. The molecule has 0 bridgehead atoms. The van der Waals surface area contributed by atoms with E-state index in [1.54, 1.807) is 10.7 Å². The van der Waals surface area contributed by atoms with Crippen LogP contribution in [0.4, 0.5) is 5.95 Å². The van der Waals surface area contributed by atoms with Crippen molar-refractivity contribution in [3.63, 3.8) is 0 Å². The minimum absolute atomic E-state index is 0.141. The van der Waals surface area contributed by atoms with Crippen LogP contribution < -0.4 is 10.1 Å². The Morgan fingerprint density at radius 2 is 2.15 bits per heavy atom. The van der Waals surface area contributed by atoms with Crippen LogP contribution in [0.2, 0.25) is 0 Å². The van der Waals surface area contributed by atoms with Gasteiger partial charge in [-0.1, -0.05) is 18.2 Å². The third kappa shape index (κ3) is 3.35. The lowest BCUT2D eigenvalue weighted by Gasteiger charge is -2.17. The number of carbonyl (C=O) groups excluding carboxylic acids is 1. The zero-order valence-corrected chi connectivity index (χ0v) is 14.8. The van der Waals surface area contributed by atoms with Crippen LogP contribution in [-0.2, 0) is 11.3 Å². The van der Waals surface area contributed by atoms with E-state index in [-0.39, 0.29) is 12.5 Å². The summed E-state index contributed by atoms with van der Waals surface area (Å²) in [6.45, 7) is 2.19. The highest BCUT2D eigenvalue weighted by Gasteiger charge is 2.27. The quantitative estimate of drug-likeness (QED) is 0.760. The molecule has 0 unspecified atom stereocenters. The third-order valence-corrected chi connectivity index (χ3v) is 4.92. The number of rotatable bonds is 4. The van der Waals surface area contributed by atoms with E-state index in [2.05, 4.69) is 25.3 Å². The Bertz CT molecular complexity index is 997. The Labute approximate surface area is 156 Å². The first-order valence-electron chi connectivity index (χ1n) is 9.21. The van der Waals surface area contributed by atoms with Gasteiger partial charge >= 0.3 is 0 Å². The van der Waals surface area contributed by atoms with E-state index in [4.69, 9.17) is 4.74 Å². The molecule has 8 heteroatoms. The molecular formula is C19H20N6O2. The van der Waals surface area contributed by atoms with Gasteiger partial charge in [0.2, 0.25) is 5.91 Å². The fourth-order valence-electron chi connectivity index (χ4n) is 3.43. The number of hydrogen-bond acceptors (Lipinski definition) is 6. The molecule has 8 nitrogen and oxygen atoms in total. The molecule has 1 saturated carbocycles. The predicted molar refractivity (Wildman–Crippen MR) is 98.6 cm³/mol. The molecule has 3 heterocycles. The molecule has 1 N–H and O–H groups in total. The van der Waals surface area contributed by atoms with E-state index >= 15 is 0 Å². The van der Waals surface area contributed by atoms with Crippen molar-refractivity contribution < 1.29 is 9.53 Å². The molecule has 0 radical (unpaired) electrons. The molecule has 1 aliphatic carbocycles.